The molecule has 1 N–H and O–H groups in total. The Labute approximate surface area is 90.6 Å². The summed E-state index contributed by atoms with van der Waals surface area (Å²) in [4.78, 5) is 11.4. The van der Waals surface area contributed by atoms with Crippen LogP contribution < -0.4 is 5.32 Å². The number of rotatable bonds is 2. The number of nitrogens with one attached hydrogen (secondary N) is 1. The molecule has 0 saturated carbocycles. The van der Waals surface area contributed by atoms with Gasteiger partial charge in [-0.05, 0) is 47.5 Å². The van der Waals surface area contributed by atoms with Gasteiger partial charge in [-0.15, -0.1) is 0 Å². The van der Waals surface area contributed by atoms with E-state index in [1.807, 2.05) is 6.92 Å². The van der Waals surface area contributed by atoms with Crippen LogP contribution in [0.2, 0.25) is 0 Å². The third kappa shape index (κ3) is 2.32. The third-order valence-corrected chi connectivity index (χ3v) is 2.46. The fraction of sp³-hybridized carbons (Fsp3) is 0.300. The second kappa shape index (κ2) is 4.55. The smallest absolute Gasteiger partial charge is 0.251 e. The largest absolute Gasteiger partial charge is 0.352 e. The molecule has 0 unspecified atom stereocenters. The van der Waals surface area contributed by atoms with Gasteiger partial charge in [-0.1, -0.05) is 0 Å². The van der Waals surface area contributed by atoms with E-state index in [1.165, 1.54) is 6.07 Å². The minimum atomic E-state index is -0.420. The second-order valence-corrected chi connectivity index (χ2v) is 3.80. The van der Waals surface area contributed by atoms with Gasteiger partial charge in [0.15, 0.2) is 0 Å². The maximum absolute atomic E-state index is 13.1. The highest BCUT2D eigenvalue weighted by atomic mass is 79.9. The Morgan fingerprint density at radius 2 is 2.21 bits per heavy atom. The molecule has 1 aromatic carbocycles. The molecular weight excluding hydrogens is 249 g/mol. The molecule has 1 amide bonds. The van der Waals surface area contributed by atoms with Gasteiger partial charge in [-0.2, -0.15) is 0 Å². The minimum absolute atomic E-state index is 0.239. The summed E-state index contributed by atoms with van der Waals surface area (Å²) in [6, 6.07) is 2.84. The normalized spacial score (nSPS) is 10.0. The molecule has 2 nitrogen and oxygen atoms in total. The van der Waals surface area contributed by atoms with E-state index in [0.717, 1.165) is 5.56 Å². The van der Waals surface area contributed by atoms with Crippen molar-refractivity contribution < 1.29 is 9.18 Å². The number of halogens is 2. The summed E-state index contributed by atoms with van der Waals surface area (Å²) in [5.74, 6) is -0.659. The highest BCUT2D eigenvalue weighted by molar-refractivity contribution is 9.10. The van der Waals surface area contributed by atoms with Gasteiger partial charge >= 0.3 is 0 Å². The van der Waals surface area contributed by atoms with Crippen molar-refractivity contribution in [3.63, 3.8) is 0 Å². The molecule has 0 heterocycles. The van der Waals surface area contributed by atoms with Gasteiger partial charge in [0.2, 0.25) is 0 Å². The molecule has 14 heavy (non-hydrogen) atoms. The summed E-state index contributed by atoms with van der Waals surface area (Å²) in [6.45, 7) is 4.13. The Morgan fingerprint density at radius 3 is 2.79 bits per heavy atom. The minimum Gasteiger partial charge on any atom is -0.352 e. The lowest BCUT2D eigenvalue weighted by molar-refractivity contribution is 0.0954. The lowest BCUT2D eigenvalue weighted by atomic mass is 10.1. The van der Waals surface area contributed by atoms with Crippen molar-refractivity contribution in [2.24, 2.45) is 0 Å². The Hall–Kier alpha value is -0.900. The Kier molecular flexibility index (Phi) is 3.63. The predicted molar refractivity (Wildman–Crippen MR) is 56.8 cm³/mol. The molecule has 0 aliphatic rings. The van der Waals surface area contributed by atoms with Crippen LogP contribution in [0.25, 0.3) is 0 Å². The predicted octanol–water partition coefficient (Wildman–Crippen LogP) is 2.65. The summed E-state index contributed by atoms with van der Waals surface area (Å²) in [6.07, 6.45) is 0. The number of benzene rings is 1. The zero-order valence-electron chi connectivity index (χ0n) is 8.03. The average Bonchev–Trinajstić information content (AvgIpc) is 2.11. The van der Waals surface area contributed by atoms with Crippen molar-refractivity contribution in [2.75, 3.05) is 6.54 Å². The molecule has 0 bridgehead atoms. The molecule has 0 radical (unpaired) electrons. The molecular formula is C10H11BrFNO. The number of hydrogen-bond donors (Lipinski definition) is 1. The van der Waals surface area contributed by atoms with Crippen molar-refractivity contribution in [3.8, 4) is 0 Å². The van der Waals surface area contributed by atoms with Crippen LogP contribution in [0.1, 0.15) is 22.8 Å². The fourth-order valence-electron chi connectivity index (χ4n) is 1.15. The molecule has 4 heteroatoms. The van der Waals surface area contributed by atoms with E-state index in [9.17, 15) is 9.18 Å². The molecule has 1 rings (SSSR count). The van der Waals surface area contributed by atoms with Crippen LogP contribution in [0.3, 0.4) is 0 Å². The van der Waals surface area contributed by atoms with Gasteiger partial charge in [-0.3, -0.25) is 4.79 Å². The van der Waals surface area contributed by atoms with Crippen LogP contribution in [-0.2, 0) is 0 Å². The average molecular weight is 260 g/mol. The zero-order chi connectivity index (χ0) is 10.7. The van der Waals surface area contributed by atoms with Crippen LogP contribution in [0, 0.1) is 12.7 Å². The monoisotopic (exact) mass is 259 g/mol. The van der Waals surface area contributed by atoms with Gasteiger partial charge in [0.25, 0.3) is 5.91 Å². The van der Waals surface area contributed by atoms with E-state index in [4.69, 9.17) is 0 Å². The Balaban J connectivity index is 3.09. The van der Waals surface area contributed by atoms with Crippen molar-refractivity contribution in [2.45, 2.75) is 13.8 Å². The summed E-state index contributed by atoms with van der Waals surface area (Å²) < 4.78 is 13.5. The van der Waals surface area contributed by atoms with Crippen molar-refractivity contribution in [1.29, 1.82) is 0 Å². The molecule has 0 fully saturated rings. The first-order chi connectivity index (χ1) is 6.56. The Morgan fingerprint density at radius 1 is 1.57 bits per heavy atom. The van der Waals surface area contributed by atoms with Crippen molar-refractivity contribution >= 4 is 21.8 Å². The zero-order valence-corrected chi connectivity index (χ0v) is 9.61. The van der Waals surface area contributed by atoms with E-state index in [-0.39, 0.29) is 5.91 Å². The summed E-state index contributed by atoms with van der Waals surface area (Å²) in [7, 11) is 0. The number of aryl methyl sites for hydroxylation is 1. The van der Waals surface area contributed by atoms with E-state index in [2.05, 4.69) is 21.2 Å². The molecule has 76 valence electrons. The van der Waals surface area contributed by atoms with Gasteiger partial charge in [0, 0.05) is 12.1 Å². The first kappa shape index (κ1) is 11.2. The number of amides is 1. The number of hydrogen-bond acceptors (Lipinski definition) is 1. The van der Waals surface area contributed by atoms with Crippen LogP contribution in [0.5, 0.6) is 0 Å². The van der Waals surface area contributed by atoms with Crippen LogP contribution in [0.15, 0.2) is 16.6 Å². The number of carbonyl (C=O) groups excluding carboxylic acids is 1. The van der Waals surface area contributed by atoms with Gasteiger partial charge < -0.3 is 5.32 Å². The fourth-order valence-corrected chi connectivity index (χ4v) is 1.60. The first-order valence-electron chi connectivity index (χ1n) is 4.30. The topological polar surface area (TPSA) is 29.1 Å². The molecule has 0 atom stereocenters. The first-order valence-corrected chi connectivity index (χ1v) is 5.09. The summed E-state index contributed by atoms with van der Waals surface area (Å²) >= 11 is 3.06. The van der Waals surface area contributed by atoms with Gasteiger partial charge in [0.05, 0.1) is 4.47 Å². The molecule has 0 spiro atoms. The quantitative estimate of drug-likeness (QED) is 0.870. The summed E-state index contributed by atoms with van der Waals surface area (Å²) in [5, 5.41) is 2.63. The lowest BCUT2D eigenvalue weighted by Gasteiger charge is -2.06. The SMILES string of the molecule is CCNC(=O)c1cc(F)c(Br)cc1C. The third-order valence-electron chi connectivity index (χ3n) is 1.85. The highest BCUT2D eigenvalue weighted by Crippen LogP contribution is 2.20. The molecule has 0 aromatic heterocycles. The Bertz CT molecular complexity index is 365. The van der Waals surface area contributed by atoms with Crippen LogP contribution in [-0.4, -0.2) is 12.5 Å². The maximum atomic E-state index is 13.1. The van der Waals surface area contributed by atoms with Gasteiger partial charge in [-0.25, -0.2) is 4.39 Å². The molecule has 0 saturated heterocycles. The lowest BCUT2D eigenvalue weighted by Crippen LogP contribution is -2.23. The van der Waals surface area contributed by atoms with E-state index < -0.39 is 5.82 Å². The van der Waals surface area contributed by atoms with Crippen LogP contribution >= 0.6 is 15.9 Å². The molecule has 1 aromatic rings. The van der Waals surface area contributed by atoms with Crippen molar-refractivity contribution in [3.05, 3.63) is 33.5 Å². The van der Waals surface area contributed by atoms with E-state index in [0.29, 0.717) is 16.6 Å². The number of carbonyl (C=O) groups is 1. The van der Waals surface area contributed by atoms with E-state index >= 15 is 0 Å². The maximum Gasteiger partial charge on any atom is 0.251 e. The molecule has 0 aliphatic heterocycles. The van der Waals surface area contributed by atoms with Crippen LogP contribution in [0.4, 0.5) is 4.39 Å². The van der Waals surface area contributed by atoms with E-state index in [1.54, 1.807) is 13.0 Å². The second-order valence-electron chi connectivity index (χ2n) is 2.94. The van der Waals surface area contributed by atoms with Gasteiger partial charge in [0.1, 0.15) is 5.82 Å². The van der Waals surface area contributed by atoms with Crippen molar-refractivity contribution in [1.82, 2.24) is 5.32 Å². The standard InChI is InChI=1S/C10H11BrFNO/c1-3-13-10(14)7-5-9(12)8(11)4-6(7)2/h4-5H,3H2,1-2H3,(H,13,14). The summed E-state index contributed by atoms with van der Waals surface area (Å²) in [5.41, 5.74) is 1.14. The highest BCUT2D eigenvalue weighted by Gasteiger charge is 2.11. The molecule has 0 aliphatic carbocycles.